The average molecular weight is 382 g/mol. The third kappa shape index (κ3) is 4.91. The van der Waals surface area contributed by atoms with Crippen LogP contribution in [0.1, 0.15) is 27.5 Å². The molecule has 1 fully saturated rings. The summed E-state index contributed by atoms with van der Waals surface area (Å²) in [5, 5.41) is 15.8. The van der Waals surface area contributed by atoms with Crippen LogP contribution in [0.15, 0.2) is 36.4 Å². The van der Waals surface area contributed by atoms with Crippen molar-refractivity contribution in [3.63, 3.8) is 0 Å². The highest BCUT2D eigenvalue weighted by atomic mass is 32.1. The Balaban J connectivity index is 2.05. The lowest BCUT2D eigenvalue weighted by Crippen LogP contribution is -2.39. The van der Waals surface area contributed by atoms with E-state index in [9.17, 15) is 0 Å². The molecule has 142 valence electrons. The van der Waals surface area contributed by atoms with Gasteiger partial charge in [0.05, 0.1) is 24.3 Å². The molecular weight excluding hydrogens is 354 g/mol. The minimum Gasteiger partial charge on any atom is -0.375 e. The number of nitrogens with zero attached hydrogens (tertiary/aromatic N) is 1. The minimum atomic E-state index is 0.0767. The van der Waals surface area contributed by atoms with Crippen molar-refractivity contribution in [3.8, 4) is 17.2 Å². The first-order valence-corrected chi connectivity index (χ1v) is 9.93. The van der Waals surface area contributed by atoms with Gasteiger partial charge in [-0.1, -0.05) is 29.8 Å². The highest BCUT2D eigenvalue weighted by Gasteiger charge is 2.22. The molecule has 1 aliphatic rings. The number of ether oxygens (including phenoxy) is 1. The van der Waals surface area contributed by atoms with Crippen LogP contribution in [0.4, 0.5) is 0 Å². The number of thiol groups is 1. The Morgan fingerprint density at radius 3 is 2.74 bits per heavy atom. The lowest BCUT2D eigenvalue weighted by atomic mass is 9.88. The molecular formula is C22H27N3OS. The average Bonchev–Trinajstić information content (AvgIpc) is 2.68. The fraction of sp³-hybridized carbons (Fsp3) is 0.409. The van der Waals surface area contributed by atoms with E-state index in [1.165, 1.54) is 22.3 Å². The predicted octanol–water partition coefficient (Wildman–Crippen LogP) is 3.25. The molecule has 2 N–H and O–H groups in total. The number of rotatable bonds is 6. The number of benzene rings is 2. The van der Waals surface area contributed by atoms with Gasteiger partial charge in [-0.25, -0.2) is 0 Å². The third-order valence-corrected chi connectivity index (χ3v) is 5.36. The Morgan fingerprint density at radius 2 is 2.11 bits per heavy atom. The summed E-state index contributed by atoms with van der Waals surface area (Å²) in [6, 6.07) is 14.5. The number of aryl methyl sites for hydroxylation is 1. The normalized spacial score (nSPS) is 18.1. The van der Waals surface area contributed by atoms with Crippen molar-refractivity contribution < 1.29 is 4.74 Å². The van der Waals surface area contributed by atoms with Crippen LogP contribution in [0.2, 0.25) is 0 Å². The second kappa shape index (κ2) is 9.38. The van der Waals surface area contributed by atoms with E-state index >= 15 is 0 Å². The van der Waals surface area contributed by atoms with Crippen molar-refractivity contribution in [1.29, 1.82) is 5.26 Å². The quantitative estimate of drug-likeness (QED) is 0.673. The molecule has 3 rings (SSSR count). The van der Waals surface area contributed by atoms with Gasteiger partial charge in [0.25, 0.3) is 0 Å². The van der Waals surface area contributed by atoms with E-state index in [0.717, 1.165) is 38.2 Å². The molecule has 27 heavy (non-hydrogen) atoms. The van der Waals surface area contributed by atoms with Gasteiger partial charge in [-0.05, 0) is 48.4 Å². The molecule has 0 aromatic heterocycles. The summed E-state index contributed by atoms with van der Waals surface area (Å²) in [7, 11) is 1.95. The van der Waals surface area contributed by atoms with Crippen LogP contribution >= 0.6 is 12.6 Å². The molecule has 0 radical (unpaired) electrons. The molecule has 2 atom stereocenters. The van der Waals surface area contributed by atoms with Gasteiger partial charge < -0.3 is 15.4 Å². The highest BCUT2D eigenvalue weighted by Crippen LogP contribution is 2.36. The van der Waals surface area contributed by atoms with E-state index in [1.54, 1.807) is 0 Å². The van der Waals surface area contributed by atoms with E-state index in [2.05, 4.69) is 35.8 Å². The maximum absolute atomic E-state index is 9.09. The molecule has 1 heterocycles. The molecule has 5 heteroatoms. The largest absolute Gasteiger partial charge is 0.375 e. The van der Waals surface area contributed by atoms with Crippen molar-refractivity contribution >= 4 is 12.6 Å². The van der Waals surface area contributed by atoms with Crippen LogP contribution in [0.3, 0.4) is 0 Å². The van der Waals surface area contributed by atoms with Crippen molar-refractivity contribution in [3.05, 3.63) is 58.7 Å². The molecule has 0 saturated carbocycles. The van der Waals surface area contributed by atoms with Crippen molar-refractivity contribution in [2.45, 2.75) is 24.7 Å². The smallest absolute Gasteiger partial charge is 0.0991 e. The van der Waals surface area contributed by atoms with Crippen LogP contribution in [-0.4, -0.2) is 39.4 Å². The van der Waals surface area contributed by atoms with Gasteiger partial charge in [0.1, 0.15) is 0 Å². The summed E-state index contributed by atoms with van der Waals surface area (Å²) < 4.78 is 5.95. The summed E-state index contributed by atoms with van der Waals surface area (Å²) in [5.74, 6) is 0. The number of nitriles is 1. The van der Waals surface area contributed by atoms with Gasteiger partial charge in [0.2, 0.25) is 0 Å². The van der Waals surface area contributed by atoms with Gasteiger partial charge in [-0.3, -0.25) is 0 Å². The van der Waals surface area contributed by atoms with Crippen molar-refractivity contribution in [2.24, 2.45) is 0 Å². The Morgan fingerprint density at radius 1 is 1.33 bits per heavy atom. The molecule has 2 unspecified atom stereocenters. The summed E-state index contributed by atoms with van der Waals surface area (Å²) in [6.07, 6.45) is 1.05. The van der Waals surface area contributed by atoms with Gasteiger partial charge in [0, 0.05) is 31.3 Å². The lowest BCUT2D eigenvalue weighted by molar-refractivity contribution is 0.0291. The van der Waals surface area contributed by atoms with Gasteiger partial charge in [-0.2, -0.15) is 17.9 Å². The summed E-state index contributed by atoms with van der Waals surface area (Å²) in [4.78, 5) is 0. The maximum Gasteiger partial charge on any atom is 0.0991 e. The third-order valence-electron chi connectivity index (χ3n) is 4.92. The number of hydrogen-bond acceptors (Lipinski definition) is 5. The maximum atomic E-state index is 9.09. The molecule has 4 nitrogen and oxygen atoms in total. The summed E-state index contributed by atoms with van der Waals surface area (Å²) in [6.45, 7) is 5.47. The van der Waals surface area contributed by atoms with Gasteiger partial charge >= 0.3 is 0 Å². The van der Waals surface area contributed by atoms with Crippen LogP contribution in [0.25, 0.3) is 11.1 Å². The molecule has 0 spiro atoms. The number of morpholine rings is 1. The fourth-order valence-electron chi connectivity index (χ4n) is 3.69. The molecule has 1 saturated heterocycles. The monoisotopic (exact) mass is 381 g/mol. The van der Waals surface area contributed by atoms with Crippen molar-refractivity contribution in [1.82, 2.24) is 10.6 Å². The SMILES string of the molecule is CNCC(S)c1c(CC2CNCCO2)cc(C)cc1-c1ccc(C#N)cc1. The van der Waals surface area contributed by atoms with E-state index < -0.39 is 0 Å². The number of nitrogens with one attached hydrogen (secondary N) is 2. The molecule has 0 aliphatic carbocycles. The Labute approximate surface area is 167 Å². The van der Waals surface area contributed by atoms with E-state index in [4.69, 9.17) is 22.6 Å². The molecule has 2 aromatic rings. The van der Waals surface area contributed by atoms with Crippen LogP contribution in [-0.2, 0) is 11.2 Å². The van der Waals surface area contributed by atoms with E-state index in [0.29, 0.717) is 5.56 Å². The summed E-state index contributed by atoms with van der Waals surface area (Å²) >= 11 is 4.91. The zero-order chi connectivity index (χ0) is 19.2. The first-order chi connectivity index (χ1) is 13.1. The highest BCUT2D eigenvalue weighted by molar-refractivity contribution is 7.80. The second-order valence-corrected chi connectivity index (χ2v) is 7.67. The molecule has 1 aliphatic heterocycles. The zero-order valence-electron chi connectivity index (χ0n) is 16.0. The zero-order valence-corrected chi connectivity index (χ0v) is 16.9. The molecule has 0 bridgehead atoms. The minimum absolute atomic E-state index is 0.0767. The first kappa shape index (κ1) is 19.9. The van der Waals surface area contributed by atoms with Gasteiger partial charge in [-0.15, -0.1) is 0 Å². The molecule has 2 aromatic carbocycles. The second-order valence-electron chi connectivity index (χ2n) is 7.05. The molecule has 0 amide bonds. The Bertz CT molecular complexity index is 808. The number of likely N-dealkylation sites (N-methyl/N-ethyl adjacent to an activating group) is 1. The van der Waals surface area contributed by atoms with Gasteiger partial charge in [0.15, 0.2) is 0 Å². The van der Waals surface area contributed by atoms with E-state index in [1.807, 2.05) is 31.3 Å². The van der Waals surface area contributed by atoms with Crippen LogP contribution in [0, 0.1) is 18.3 Å². The number of hydrogen-bond donors (Lipinski definition) is 3. The van der Waals surface area contributed by atoms with Crippen LogP contribution < -0.4 is 10.6 Å². The fourth-order valence-corrected chi connectivity index (χ4v) is 4.18. The Kier molecular flexibility index (Phi) is 6.92. The van der Waals surface area contributed by atoms with Crippen LogP contribution in [0.5, 0.6) is 0 Å². The van der Waals surface area contributed by atoms with E-state index in [-0.39, 0.29) is 11.4 Å². The lowest BCUT2D eigenvalue weighted by Gasteiger charge is -2.27. The summed E-state index contributed by atoms with van der Waals surface area (Å²) in [5.41, 5.74) is 6.74. The topological polar surface area (TPSA) is 57.1 Å². The standard InChI is InChI=1S/C22H27N3OS/c1-15-9-18(11-19-13-25-7-8-26-19)22(21(27)14-24-2)20(10-15)17-5-3-16(12-23)4-6-17/h3-6,9-10,19,21,24-25,27H,7-8,11,13-14H2,1-2H3. The first-order valence-electron chi connectivity index (χ1n) is 9.41. The van der Waals surface area contributed by atoms with Crippen molar-refractivity contribution in [2.75, 3.05) is 33.3 Å². The predicted molar refractivity (Wildman–Crippen MR) is 113 cm³/mol. The Hall–Kier alpha value is -1.84.